The average molecular weight is 333 g/mol. The lowest BCUT2D eigenvalue weighted by atomic mass is 9.88. The van der Waals surface area contributed by atoms with Gasteiger partial charge in [0.1, 0.15) is 12.4 Å². The van der Waals surface area contributed by atoms with Crippen LogP contribution in [0.3, 0.4) is 0 Å². The van der Waals surface area contributed by atoms with E-state index in [0.29, 0.717) is 6.61 Å². The predicted molar refractivity (Wildman–Crippen MR) is 82.6 cm³/mol. The van der Waals surface area contributed by atoms with Crippen molar-refractivity contribution >= 4 is 15.9 Å². The van der Waals surface area contributed by atoms with Gasteiger partial charge < -0.3 is 10.5 Å². The number of nitrogens with two attached hydrogens (primary N) is 1. The fraction of sp³-hybridized carbons (Fsp3) is 0.312. The molecule has 1 heterocycles. The Hall–Kier alpha value is -1.39. The third-order valence-electron chi connectivity index (χ3n) is 3.65. The maximum Gasteiger partial charge on any atom is 0.130 e. The second-order valence-electron chi connectivity index (χ2n) is 5.12. The fourth-order valence-electron chi connectivity index (χ4n) is 2.55. The molecule has 1 atom stereocenters. The number of aromatic nitrogens is 1. The third kappa shape index (κ3) is 3.02. The molecule has 2 aromatic rings. The molecule has 0 aliphatic heterocycles. The van der Waals surface area contributed by atoms with Crippen molar-refractivity contribution in [3.05, 3.63) is 57.8 Å². The lowest BCUT2D eigenvalue weighted by Gasteiger charge is -2.22. The van der Waals surface area contributed by atoms with Crippen molar-refractivity contribution in [2.45, 2.75) is 31.9 Å². The van der Waals surface area contributed by atoms with Gasteiger partial charge in [0.15, 0.2) is 0 Å². The van der Waals surface area contributed by atoms with Crippen LogP contribution in [0, 0.1) is 0 Å². The molecule has 3 rings (SSSR count). The number of ether oxygens (including phenoxy) is 1. The number of fused-ring (bicyclic) bond motifs is 1. The summed E-state index contributed by atoms with van der Waals surface area (Å²) >= 11 is 3.37. The SMILES string of the molecule is N[C@@H]1CCCc2ccc(OCc3ccc(Br)cn3)cc21. The van der Waals surface area contributed by atoms with E-state index in [1.807, 2.05) is 18.2 Å². The van der Waals surface area contributed by atoms with Crippen molar-refractivity contribution in [3.8, 4) is 5.75 Å². The van der Waals surface area contributed by atoms with Gasteiger partial charge in [-0.1, -0.05) is 6.07 Å². The molecule has 0 spiro atoms. The minimum Gasteiger partial charge on any atom is -0.487 e. The molecule has 104 valence electrons. The van der Waals surface area contributed by atoms with Gasteiger partial charge in [-0.2, -0.15) is 0 Å². The van der Waals surface area contributed by atoms with Gasteiger partial charge in [-0.15, -0.1) is 0 Å². The summed E-state index contributed by atoms with van der Waals surface area (Å²) in [4.78, 5) is 4.30. The summed E-state index contributed by atoms with van der Waals surface area (Å²) in [5, 5.41) is 0. The monoisotopic (exact) mass is 332 g/mol. The number of pyridine rings is 1. The first-order chi connectivity index (χ1) is 9.72. The number of hydrogen-bond donors (Lipinski definition) is 1. The van der Waals surface area contributed by atoms with E-state index in [-0.39, 0.29) is 6.04 Å². The number of rotatable bonds is 3. The highest BCUT2D eigenvalue weighted by atomic mass is 79.9. The van der Waals surface area contributed by atoms with Crippen molar-refractivity contribution in [1.29, 1.82) is 0 Å². The first kappa shape index (κ1) is 13.6. The van der Waals surface area contributed by atoms with Crippen LogP contribution in [0.15, 0.2) is 41.0 Å². The van der Waals surface area contributed by atoms with E-state index in [1.165, 1.54) is 17.5 Å². The van der Waals surface area contributed by atoms with Gasteiger partial charge in [0, 0.05) is 16.7 Å². The normalized spacial score (nSPS) is 17.6. The van der Waals surface area contributed by atoms with Crippen LogP contribution in [0.25, 0.3) is 0 Å². The number of aryl methyl sites for hydroxylation is 1. The smallest absolute Gasteiger partial charge is 0.130 e. The molecule has 0 saturated heterocycles. The van der Waals surface area contributed by atoms with E-state index in [0.717, 1.165) is 28.8 Å². The molecule has 2 N–H and O–H groups in total. The molecule has 3 nitrogen and oxygen atoms in total. The topological polar surface area (TPSA) is 48.1 Å². The first-order valence-corrected chi connectivity index (χ1v) is 7.63. The average Bonchev–Trinajstić information content (AvgIpc) is 2.47. The Morgan fingerprint density at radius 2 is 2.20 bits per heavy atom. The molecule has 1 aliphatic rings. The standard InChI is InChI=1S/C16H17BrN2O/c17-12-5-6-13(19-9-12)10-20-14-7-4-11-2-1-3-16(18)15(11)8-14/h4-9,16H,1-3,10,18H2/t16-/m1/s1. The minimum atomic E-state index is 0.146. The van der Waals surface area contributed by atoms with Crippen LogP contribution in [0.1, 0.15) is 35.7 Å². The molecule has 0 saturated carbocycles. The molecule has 1 aromatic heterocycles. The quantitative estimate of drug-likeness (QED) is 0.930. The summed E-state index contributed by atoms with van der Waals surface area (Å²) in [6.45, 7) is 0.474. The van der Waals surface area contributed by atoms with Crippen molar-refractivity contribution in [1.82, 2.24) is 4.98 Å². The van der Waals surface area contributed by atoms with Crippen molar-refractivity contribution in [2.75, 3.05) is 0 Å². The molecule has 0 unspecified atom stereocenters. The summed E-state index contributed by atoms with van der Waals surface area (Å²) in [5.41, 5.74) is 9.67. The summed E-state index contributed by atoms with van der Waals surface area (Å²) in [5.74, 6) is 0.866. The minimum absolute atomic E-state index is 0.146. The van der Waals surface area contributed by atoms with Crippen LogP contribution in [0.4, 0.5) is 0 Å². The second-order valence-corrected chi connectivity index (χ2v) is 6.03. The summed E-state index contributed by atoms with van der Waals surface area (Å²) < 4.78 is 6.79. The zero-order chi connectivity index (χ0) is 13.9. The van der Waals surface area contributed by atoms with Crippen LogP contribution in [0.2, 0.25) is 0 Å². The zero-order valence-electron chi connectivity index (χ0n) is 11.2. The third-order valence-corrected chi connectivity index (χ3v) is 4.12. The number of benzene rings is 1. The Labute approximate surface area is 127 Å². The molecule has 20 heavy (non-hydrogen) atoms. The van der Waals surface area contributed by atoms with Crippen LogP contribution in [0.5, 0.6) is 5.75 Å². The van der Waals surface area contributed by atoms with E-state index in [2.05, 4.69) is 33.0 Å². The van der Waals surface area contributed by atoms with Gasteiger partial charge in [-0.05, 0) is 70.6 Å². The van der Waals surface area contributed by atoms with Gasteiger partial charge in [0.2, 0.25) is 0 Å². The Morgan fingerprint density at radius 3 is 3.00 bits per heavy atom. The van der Waals surface area contributed by atoms with Crippen LogP contribution in [-0.4, -0.2) is 4.98 Å². The highest BCUT2D eigenvalue weighted by molar-refractivity contribution is 9.10. The molecular weight excluding hydrogens is 316 g/mol. The molecule has 1 aliphatic carbocycles. The summed E-state index contributed by atoms with van der Waals surface area (Å²) in [6.07, 6.45) is 5.14. The Bertz CT molecular complexity index is 598. The zero-order valence-corrected chi connectivity index (χ0v) is 12.8. The Balaban J connectivity index is 1.72. The van der Waals surface area contributed by atoms with E-state index in [1.54, 1.807) is 6.20 Å². The highest BCUT2D eigenvalue weighted by Crippen LogP contribution is 2.31. The molecule has 0 radical (unpaired) electrons. The maximum atomic E-state index is 6.17. The molecule has 0 fully saturated rings. The first-order valence-electron chi connectivity index (χ1n) is 6.84. The van der Waals surface area contributed by atoms with E-state index in [4.69, 9.17) is 10.5 Å². The van der Waals surface area contributed by atoms with Crippen LogP contribution in [-0.2, 0) is 13.0 Å². The highest BCUT2D eigenvalue weighted by Gasteiger charge is 2.17. The molecule has 4 heteroatoms. The van der Waals surface area contributed by atoms with Crippen molar-refractivity contribution in [2.24, 2.45) is 5.73 Å². The predicted octanol–water partition coefficient (Wildman–Crippen LogP) is 3.76. The number of nitrogens with zero attached hydrogens (tertiary/aromatic N) is 1. The lowest BCUT2D eigenvalue weighted by Crippen LogP contribution is -2.17. The van der Waals surface area contributed by atoms with Gasteiger partial charge in [0.25, 0.3) is 0 Å². The lowest BCUT2D eigenvalue weighted by molar-refractivity contribution is 0.300. The maximum absolute atomic E-state index is 6.17. The largest absolute Gasteiger partial charge is 0.487 e. The molecular formula is C16H17BrN2O. The van der Waals surface area contributed by atoms with Gasteiger partial charge in [-0.25, -0.2) is 0 Å². The Morgan fingerprint density at radius 1 is 1.30 bits per heavy atom. The van der Waals surface area contributed by atoms with Crippen LogP contribution >= 0.6 is 15.9 Å². The van der Waals surface area contributed by atoms with Crippen molar-refractivity contribution in [3.63, 3.8) is 0 Å². The van der Waals surface area contributed by atoms with E-state index < -0.39 is 0 Å². The van der Waals surface area contributed by atoms with E-state index in [9.17, 15) is 0 Å². The Kier molecular flexibility index (Phi) is 4.03. The fourth-order valence-corrected chi connectivity index (χ4v) is 2.79. The van der Waals surface area contributed by atoms with Crippen LogP contribution < -0.4 is 10.5 Å². The number of halogens is 1. The molecule has 0 amide bonds. The molecule has 0 bridgehead atoms. The number of hydrogen-bond acceptors (Lipinski definition) is 3. The summed E-state index contributed by atoms with van der Waals surface area (Å²) in [6, 6.07) is 10.3. The van der Waals surface area contributed by atoms with E-state index >= 15 is 0 Å². The van der Waals surface area contributed by atoms with Gasteiger partial charge >= 0.3 is 0 Å². The molecule has 1 aromatic carbocycles. The van der Waals surface area contributed by atoms with Gasteiger partial charge in [-0.3, -0.25) is 4.98 Å². The second kappa shape index (κ2) is 5.94. The van der Waals surface area contributed by atoms with Crippen molar-refractivity contribution < 1.29 is 4.74 Å². The van der Waals surface area contributed by atoms with Gasteiger partial charge in [0.05, 0.1) is 5.69 Å². The summed E-state index contributed by atoms with van der Waals surface area (Å²) in [7, 11) is 0.